The molecule has 0 fully saturated rings. The molecule has 0 saturated carbocycles. The van der Waals surface area contributed by atoms with Gasteiger partial charge in [0.05, 0.1) is 5.56 Å². The molecule has 0 aliphatic rings. The predicted octanol–water partition coefficient (Wildman–Crippen LogP) is 2.75. The number of nitrogens with zero attached hydrogens (tertiary/aromatic N) is 4. The molecule has 0 unspecified atom stereocenters. The summed E-state index contributed by atoms with van der Waals surface area (Å²) in [5.74, 6) is 0.438. The van der Waals surface area contributed by atoms with Gasteiger partial charge in [0.2, 0.25) is 5.95 Å². The average molecular weight is 376 g/mol. The van der Waals surface area contributed by atoms with Gasteiger partial charge in [-0.15, -0.1) is 0 Å². The van der Waals surface area contributed by atoms with Gasteiger partial charge in [0.25, 0.3) is 0 Å². The van der Waals surface area contributed by atoms with Crippen LogP contribution in [0.25, 0.3) is 17.2 Å². The molecule has 98 valence electrons. The van der Waals surface area contributed by atoms with Crippen molar-refractivity contribution < 1.29 is 4.79 Å². The molecule has 2 heterocycles. The number of halogens is 1. The number of rotatable bonds is 3. The third-order valence-electron chi connectivity index (χ3n) is 2.76. The number of aromatic nitrogens is 4. The monoisotopic (exact) mass is 376 g/mol. The van der Waals surface area contributed by atoms with E-state index in [1.165, 1.54) is 4.68 Å². The molecule has 5 nitrogen and oxygen atoms in total. The van der Waals surface area contributed by atoms with Crippen LogP contribution in [-0.4, -0.2) is 26.0 Å². The SMILES string of the molecule is O=Cc1cn(-c2ncccn2)nc1-c1ccccc1I. The van der Waals surface area contributed by atoms with E-state index in [1.54, 1.807) is 24.7 Å². The lowest BCUT2D eigenvalue weighted by Gasteiger charge is -2.01. The zero-order chi connectivity index (χ0) is 13.9. The Kier molecular flexibility index (Phi) is 3.55. The summed E-state index contributed by atoms with van der Waals surface area (Å²) in [6.45, 7) is 0. The summed E-state index contributed by atoms with van der Waals surface area (Å²) in [5, 5.41) is 4.44. The van der Waals surface area contributed by atoms with Crippen LogP contribution in [0.15, 0.2) is 48.9 Å². The van der Waals surface area contributed by atoms with E-state index in [9.17, 15) is 4.79 Å². The predicted molar refractivity (Wildman–Crippen MR) is 82.7 cm³/mol. The fourth-order valence-electron chi connectivity index (χ4n) is 1.85. The van der Waals surface area contributed by atoms with E-state index < -0.39 is 0 Å². The van der Waals surface area contributed by atoms with Gasteiger partial charge in [-0.1, -0.05) is 18.2 Å². The van der Waals surface area contributed by atoms with Gasteiger partial charge in [0, 0.05) is 27.7 Å². The summed E-state index contributed by atoms with van der Waals surface area (Å²) in [4.78, 5) is 19.5. The van der Waals surface area contributed by atoms with Gasteiger partial charge in [0.1, 0.15) is 5.69 Å². The average Bonchev–Trinajstić information content (AvgIpc) is 2.93. The highest BCUT2D eigenvalue weighted by molar-refractivity contribution is 14.1. The number of benzene rings is 1. The van der Waals surface area contributed by atoms with Crippen molar-refractivity contribution in [1.82, 2.24) is 19.7 Å². The smallest absolute Gasteiger partial charge is 0.250 e. The lowest BCUT2D eigenvalue weighted by molar-refractivity contribution is 0.112. The standard InChI is InChI=1S/C14H9IN4O/c15-12-5-2-1-4-11(12)13-10(9-20)8-19(18-13)14-16-6-3-7-17-14/h1-9H. The molecule has 0 N–H and O–H groups in total. The summed E-state index contributed by atoms with van der Waals surface area (Å²) in [5.41, 5.74) is 2.07. The fraction of sp³-hybridized carbons (Fsp3) is 0. The van der Waals surface area contributed by atoms with Crippen LogP contribution in [0.5, 0.6) is 0 Å². The fourth-order valence-corrected chi connectivity index (χ4v) is 2.49. The van der Waals surface area contributed by atoms with E-state index in [0.717, 1.165) is 15.4 Å². The first kappa shape index (κ1) is 12.9. The zero-order valence-corrected chi connectivity index (χ0v) is 12.4. The maximum atomic E-state index is 11.3. The largest absolute Gasteiger partial charge is 0.298 e. The highest BCUT2D eigenvalue weighted by Gasteiger charge is 2.14. The minimum absolute atomic E-state index is 0.438. The van der Waals surface area contributed by atoms with Crippen LogP contribution in [0.1, 0.15) is 10.4 Å². The van der Waals surface area contributed by atoms with Crippen LogP contribution >= 0.6 is 22.6 Å². The van der Waals surface area contributed by atoms with E-state index in [-0.39, 0.29) is 0 Å². The highest BCUT2D eigenvalue weighted by atomic mass is 127. The second-order valence-electron chi connectivity index (χ2n) is 4.02. The zero-order valence-electron chi connectivity index (χ0n) is 10.3. The first-order valence-electron chi connectivity index (χ1n) is 5.87. The van der Waals surface area contributed by atoms with Crippen molar-refractivity contribution >= 4 is 28.9 Å². The molecule has 3 rings (SSSR count). The molecule has 20 heavy (non-hydrogen) atoms. The van der Waals surface area contributed by atoms with Gasteiger partial charge in [0.15, 0.2) is 6.29 Å². The van der Waals surface area contributed by atoms with Gasteiger partial charge in [-0.3, -0.25) is 4.79 Å². The number of aldehydes is 1. The number of hydrogen-bond acceptors (Lipinski definition) is 4. The summed E-state index contributed by atoms with van der Waals surface area (Å²) in [6, 6.07) is 9.51. The Bertz CT molecular complexity index is 755. The molecule has 0 atom stereocenters. The minimum atomic E-state index is 0.438. The molecular weight excluding hydrogens is 367 g/mol. The quantitative estimate of drug-likeness (QED) is 0.521. The van der Waals surface area contributed by atoms with Crippen LogP contribution in [0, 0.1) is 3.57 Å². The molecule has 0 spiro atoms. The lowest BCUT2D eigenvalue weighted by Crippen LogP contribution is -2.00. The number of carbonyl (C=O) groups excluding carboxylic acids is 1. The van der Waals surface area contributed by atoms with Crippen LogP contribution in [0.2, 0.25) is 0 Å². The van der Waals surface area contributed by atoms with Gasteiger partial charge >= 0.3 is 0 Å². The Labute approximate surface area is 128 Å². The third-order valence-corrected chi connectivity index (χ3v) is 3.70. The van der Waals surface area contributed by atoms with Crippen LogP contribution in [0.3, 0.4) is 0 Å². The molecule has 0 amide bonds. The number of carbonyl (C=O) groups is 1. The lowest BCUT2D eigenvalue weighted by atomic mass is 10.1. The Hall–Kier alpha value is -2.09. The molecule has 3 aromatic rings. The van der Waals surface area contributed by atoms with E-state index in [1.807, 2.05) is 24.3 Å². The van der Waals surface area contributed by atoms with Crippen molar-refractivity contribution in [2.24, 2.45) is 0 Å². The van der Waals surface area contributed by atoms with Crippen molar-refractivity contribution in [1.29, 1.82) is 0 Å². The third kappa shape index (κ3) is 2.34. The summed E-state index contributed by atoms with van der Waals surface area (Å²) < 4.78 is 2.55. The van der Waals surface area contributed by atoms with Gasteiger partial charge in [-0.05, 0) is 34.7 Å². The van der Waals surface area contributed by atoms with Gasteiger partial charge in [-0.25, -0.2) is 14.6 Å². The topological polar surface area (TPSA) is 60.7 Å². The van der Waals surface area contributed by atoms with Crippen LogP contribution in [0.4, 0.5) is 0 Å². The van der Waals surface area contributed by atoms with E-state index in [0.29, 0.717) is 17.2 Å². The molecule has 6 heteroatoms. The van der Waals surface area contributed by atoms with Crippen molar-refractivity contribution in [3.8, 4) is 17.2 Å². The van der Waals surface area contributed by atoms with E-state index >= 15 is 0 Å². The van der Waals surface area contributed by atoms with E-state index in [4.69, 9.17) is 0 Å². The number of hydrogen-bond donors (Lipinski definition) is 0. The van der Waals surface area contributed by atoms with E-state index in [2.05, 4.69) is 37.7 Å². The maximum Gasteiger partial charge on any atom is 0.250 e. The maximum absolute atomic E-state index is 11.3. The first-order valence-corrected chi connectivity index (χ1v) is 6.94. The summed E-state index contributed by atoms with van der Waals surface area (Å²) >= 11 is 2.22. The summed E-state index contributed by atoms with van der Waals surface area (Å²) in [7, 11) is 0. The van der Waals surface area contributed by atoms with Crippen molar-refractivity contribution in [3.63, 3.8) is 0 Å². The Morgan fingerprint density at radius 1 is 1.10 bits per heavy atom. The van der Waals surface area contributed by atoms with Crippen molar-refractivity contribution in [2.75, 3.05) is 0 Å². The molecular formula is C14H9IN4O. The Morgan fingerprint density at radius 2 is 1.85 bits per heavy atom. The first-order chi connectivity index (χ1) is 9.79. The van der Waals surface area contributed by atoms with Gasteiger partial charge < -0.3 is 0 Å². The van der Waals surface area contributed by atoms with Crippen LogP contribution < -0.4 is 0 Å². The van der Waals surface area contributed by atoms with Crippen molar-refractivity contribution in [2.45, 2.75) is 0 Å². The second-order valence-corrected chi connectivity index (χ2v) is 5.19. The van der Waals surface area contributed by atoms with Gasteiger partial charge in [-0.2, -0.15) is 5.10 Å². The molecule has 2 aromatic heterocycles. The Morgan fingerprint density at radius 3 is 2.55 bits per heavy atom. The normalized spacial score (nSPS) is 10.4. The van der Waals surface area contributed by atoms with Crippen molar-refractivity contribution in [3.05, 3.63) is 58.1 Å². The highest BCUT2D eigenvalue weighted by Crippen LogP contribution is 2.26. The molecule has 0 radical (unpaired) electrons. The van der Waals surface area contributed by atoms with Crippen LogP contribution in [-0.2, 0) is 0 Å². The Balaban J connectivity index is 2.16. The summed E-state index contributed by atoms with van der Waals surface area (Å²) in [6.07, 6.45) is 5.71. The second kappa shape index (κ2) is 5.49. The molecule has 0 aliphatic carbocycles. The molecule has 0 bridgehead atoms. The molecule has 1 aromatic carbocycles. The molecule has 0 aliphatic heterocycles. The molecule has 0 saturated heterocycles. The minimum Gasteiger partial charge on any atom is -0.298 e.